The topological polar surface area (TPSA) is 0 Å². The first kappa shape index (κ1) is 13.0. The van der Waals surface area contributed by atoms with Gasteiger partial charge < -0.3 is 0 Å². The van der Waals surface area contributed by atoms with E-state index in [2.05, 4.69) is 34.6 Å². The van der Waals surface area contributed by atoms with Gasteiger partial charge in [-0.2, -0.15) is 0 Å². The maximum absolute atomic E-state index is 5.86. The average Bonchev–Trinajstić information content (AvgIpc) is 1.85. The Morgan fingerprint density at radius 1 is 1.25 bits per heavy atom. The number of hydrogen-bond donors (Lipinski definition) is 0. The Hall–Kier alpha value is 0.990. The van der Waals surface area contributed by atoms with E-state index in [1.165, 1.54) is 0 Å². The van der Waals surface area contributed by atoms with Crippen molar-refractivity contribution in [3.8, 4) is 0 Å². The molecule has 12 heavy (non-hydrogen) atoms. The van der Waals surface area contributed by atoms with Crippen LogP contribution in [0.15, 0.2) is 0 Å². The van der Waals surface area contributed by atoms with E-state index in [0.29, 0.717) is 15.9 Å². The SMILES string of the molecule is CC(C)[C@H](CCl)SSC(C)(C)C. The minimum atomic E-state index is 0.337. The van der Waals surface area contributed by atoms with Crippen molar-refractivity contribution in [1.82, 2.24) is 0 Å². The zero-order chi connectivity index (χ0) is 9.78. The summed E-state index contributed by atoms with van der Waals surface area (Å²) in [6.07, 6.45) is 0. The summed E-state index contributed by atoms with van der Waals surface area (Å²) in [6, 6.07) is 0. The Morgan fingerprint density at radius 2 is 1.75 bits per heavy atom. The van der Waals surface area contributed by atoms with Gasteiger partial charge in [0.1, 0.15) is 0 Å². The van der Waals surface area contributed by atoms with Crippen LogP contribution >= 0.6 is 33.2 Å². The lowest BCUT2D eigenvalue weighted by Gasteiger charge is -2.22. The van der Waals surface area contributed by atoms with E-state index in [4.69, 9.17) is 11.6 Å². The van der Waals surface area contributed by atoms with Gasteiger partial charge in [-0.3, -0.25) is 0 Å². The third kappa shape index (κ3) is 6.50. The third-order valence-corrected chi connectivity index (χ3v) is 5.92. The van der Waals surface area contributed by atoms with Gasteiger partial charge in [0, 0.05) is 15.9 Å². The molecule has 0 saturated heterocycles. The first-order valence-corrected chi connectivity index (χ1v) is 7.02. The van der Waals surface area contributed by atoms with Crippen molar-refractivity contribution in [2.24, 2.45) is 5.92 Å². The van der Waals surface area contributed by atoms with E-state index >= 15 is 0 Å². The summed E-state index contributed by atoms with van der Waals surface area (Å²) in [4.78, 5) is 0. The molecule has 0 unspecified atom stereocenters. The monoisotopic (exact) mass is 226 g/mol. The third-order valence-electron chi connectivity index (χ3n) is 1.32. The highest BCUT2D eigenvalue weighted by atomic mass is 35.5. The zero-order valence-corrected chi connectivity index (χ0v) is 10.9. The predicted octanol–water partition coefficient (Wildman–Crippen LogP) is 4.43. The second kappa shape index (κ2) is 5.66. The Balaban J connectivity index is 3.73. The summed E-state index contributed by atoms with van der Waals surface area (Å²) in [7, 11) is 3.85. The minimum Gasteiger partial charge on any atom is -0.125 e. The van der Waals surface area contributed by atoms with E-state index in [0.717, 1.165) is 5.88 Å². The van der Waals surface area contributed by atoms with Crippen molar-refractivity contribution >= 4 is 33.2 Å². The summed E-state index contributed by atoms with van der Waals surface area (Å²) in [6.45, 7) is 11.1. The van der Waals surface area contributed by atoms with E-state index in [1.54, 1.807) is 0 Å². The summed E-state index contributed by atoms with van der Waals surface area (Å²) in [5.41, 5.74) is 0. The molecule has 0 nitrogen and oxygen atoms in total. The van der Waals surface area contributed by atoms with E-state index in [9.17, 15) is 0 Å². The van der Waals surface area contributed by atoms with Gasteiger partial charge in [-0.1, -0.05) is 56.2 Å². The number of hydrogen-bond acceptors (Lipinski definition) is 2. The van der Waals surface area contributed by atoms with Crippen LogP contribution in [0.1, 0.15) is 34.6 Å². The quantitative estimate of drug-likeness (QED) is 0.514. The molecule has 0 aliphatic heterocycles. The van der Waals surface area contributed by atoms with Gasteiger partial charge >= 0.3 is 0 Å². The molecule has 0 rings (SSSR count). The normalized spacial score (nSPS) is 15.2. The first-order chi connectivity index (χ1) is 5.37. The molecular formula is C9H19ClS2. The van der Waals surface area contributed by atoms with Gasteiger partial charge in [0.05, 0.1) is 0 Å². The second-order valence-corrected chi connectivity index (χ2v) is 7.80. The molecule has 0 aromatic carbocycles. The number of rotatable bonds is 4. The molecule has 0 fully saturated rings. The lowest BCUT2D eigenvalue weighted by Crippen LogP contribution is -2.14. The van der Waals surface area contributed by atoms with E-state index in [1.807, 2.05) is 21.6 Å². The lowest BCUT2D eigenvalue weighted by atomic mass is 10.1. The predicted molar refractivity (Wildman–Crippen MR) is 64.3 cm³/mol. The molecule has 0 aliphatic rings. The largest absolute Gasteiger partial charge is 0.125 e. The van der Waals surface area contributed by atoms with E-state index < -0.39 is 0 Å². The van der Waals surface area contributed by atoms with Crippen LogP contribution in [0, 0.1) is 5.92 Å². The van der Waals surface area contributed by atoms with Crippen LogP contribution < -0.4 is 0 Å². The maximum Gasteiger partial charge on any atom is 0.0353 e. The van der Waals surface area contributed by atoms with E-state index in [-0.39, 0.29) is 0 Å². The van der Waals surface area contributed by atoms with Crippen molar-refractivity contribution < 1.29 is 0 Å². The van der Waals surface area contributed by atoms with Crippen molar-refractivity contribution in [2.45, 2.75) is 44.6 Å². The fourth-order valence-corrected chi connectivity index (χ4v) is 4.08. The van der Waals surface area contributed by atoms with Gasteiger partial charge in [-0.05, 0) is 5.92 Å². The molecule has 0 aliphatic carbocycles. The Morgan fingerprint density at radius 3 is 2.00 bits per heavy atom. The summed E-state index contributed by atoms with van der Waals surface area (Å²) < 4.78 is 0.337. The average molecular weight is 227 g/mol. The smallest absolute Gasteiger partial charge is 0.0353 e. The zero-order valence-electron chi connectivity index (χ0n) is 8.56. The van der Waals surface area contributed by atoms with Gasteiger partial charge in [-0.25, -0.2) is 0 Å². The summed E-state index contributed by atoms with van der Waals surface area (Å²) in [5.74, 6) is 1.42. The van der Waals surface area contributed by atoms with Crippen molar-refractivity contribution in [3.05, 3.63) is 0 Å². The molecule has 0 N–H and O–H groups in total. The van der Waals surface area contributed by atoms with Gasteiger partial charge in [-0.15, -0.1) is 11.6 Å². The van der Waals surface area contributed by atoms with Crippen molar-refractivity contribution in [2.75, 3.05) is 5.88 Å². The van der Waals surface area contributed by atoms with Crippen molar-refractivity contribution in [1.29, 1.82) is 0 Å². The molecule has 0 amide bonds. The minimum absolute atomic E-state index is 0.337. The van der Waals surface area contributed by atoms with Crippen LogP contribution in [0.4, 0.5) is 0 Å². The van der Waals surface area contributed by atoms with Crippen molar-refractivity contribution in [3.63, 3.8) is 0 Å². The molecule has 0 saturated carbocycles. The molecule has 0 spiro atoms. The first-order valence-electron chi connectivity index (χ1n) is 4.27. The Bertz CT molecular complexity index is 118. The van der Waals surface area contributed by atoms with Gasteiger partial charge in [0.25, 0.3) is 0 Å². The Labute approximate surface area is 89.6 Å². The van der Waals surface area contributed by atoms with Crippen LogP contribution in [0.2, 0.25) is 0 Å². The standard InChI is InChI=1S/C9H19ClS2/c1-7(2)8(6-10)11-12-9(3,4)5/h7-8H,6H2,1-5H3/t8-/m0/s1. The molecular weight excluding hydrogens is 208 g/mol. The lowest BCUT2D eigenvalue weighted by molar-refractivity contribution is 0.648. The molecule has 0 bridgehead atoms. The van der Waals surface area contributed by atoms with Crippen LogP contribution in [0.25, 0.3) is 0 Å². The van der Waals surface area contributed by atoms with Crippen LogP contribution in [-0.2, 0) is 0 Å². The Kier molecular flexibility index (Phi) is 6.13. The number of alkyl halides is 1. The highest BCUT2D eigenvalue weighted by Gasteiger charge is 2.18. The highest BCUT2D eigenvalue weighted by molar-refractivity contribution is 8.77. The number of halogens is 1. The summed E-state index contributed by atoms with van der Waals surface area (Å²) in [5, 5.41) is 0.580. The fraction of sp³-hybridized carbons (Fsp3) is 1.00. The van der Waals surface area contributed by atoms with Gasteiger partial charge in [0.15, 0.2) is 0 Å². The molecule has 1 atom stereocenters. The maximum atomic E-state index is 5.86. The molecule has 0 radical (unpaired) electrons. The summed E-state index contributed by atoms with van der Waals surface area (Å²) >= 11 is 5.86. The van der Waals surface area contributed by atoms with Gasteiger partial charge in [0.2, 0.25) is 0 Å². The second-order valence-electron chi connectivity index (χ2n) is 4.23. The van der Waals surface area contributed by atoms with Crippen LogP contribution in [0.5, 0.6) is 0 Å². The molecule has 74 valence electrons. The molecule has 3 heteroatoms. The highest BCUT2D eigenvalue weighted by Crippen LogP contribution is 2.40. The molecule has 0 aromatic rings. The van der Waals surface area contributed by atoms with Crippen LogP contribution in [-0.4, -0.2) is 15.9 Å². The fourth-order valence-electron chi connectivity index (χ4n) is 0.521. The molecule has 0 heterocycles. The molecule has 0 aromatic heterocycles. The van der Waals surface area contributed by atoms with Crippen LogP contribution in [0.3, 0.4) is 0 Å².